The first kappa shape index (κ1) is 14.2. The largest absolute Gasteiger partial charge is 0.495 e. The van der Waals surface area contributed by atoms with Gasteiger partial charge < -0.3 is 20.3 Å². The molecule has 2 saturated heterocycles. The van der Waals surface area contributed by atoms with Gasteiger partial charge in [-0.25, -0.2) is 0 Å². The number of carbonyl (C=O) groups excluding carboxylic acids is 1. The number of rotatable bonds is 4. The Morgan fingerprint density at radius 3 is 3.00 bits per heavy atom. The van der Waals surface area contributed by atoms with Gasteiger partial charge in [-0.2, -0.15) is 0 Å². The van der Waals surface area contributed by atoms with E-state index in [1.165, 1.54) is 12.8 Å². The zero-order valence-corrected chi connectivity index (χ0v) is 12.5. The van der Waals surface area contributed by atoms with Crippen LogP contribution in [0.5, 0.6) is 5.75 Å². The van der Waals surface area contributed by atoms with Crippen LogP contribution in [-0.4, -0.2) is 49.6 Å². The third kappa shape index (κ3) is 3.29. The van der Waals surface area contributed by atoms with Crippen molar-refractivity contribution in [1.29, 1.82) is 0 Å². The Hall–Kier alpha value is -1.75. The third-order valence-electron chi connectivity index (χ3n) is 4.41. The Kier molecular flexibility index (Phi) is 4.29. The summed E-state index contributed by atoms with van der Waals surface area (Å²) in [6, 6.07) is 8.76. The molecule has 2 N–H and O–H groups in total. The minimum atomic E-state index is 0.162. The second kappa shape index (κ2) is 6.35. The highest BCUT2D eigenvalue weighted by atomic mass is 16.5. The van der Waals surface area contributed by atoms with Gasteiger partial charge in [0.1, 0.15) is 5.75 Å². The van der Waals surface area contributed by atoms with E-state index in [4.69, 9.17) is 4.74 Å². The van der Waals surface area contributed by atoms with Crippen molar-refractivity contribution in [2.24, 2.45) is 0 Å². The van der Waals surface area contributed by atoms with Gasteiger partial charge in [0.2, 0.25) is 5.91 Å². The molecule has 1 aromatic carbocycles. The average molecular weight is 289 g/mol. The number of nitrogens with zero attached hydrogens (tertiary/aromatic N) is 1. The zero-order valence-electron chi connectivity index (χ0n) is 12.5. The van der Waals surface area contributed by atoms with Gasteiger partial charge >= 0.3 is 0 Å². The van der Waals surface area contributed by atoms with Gasteiger partial charge in [0.15, 0.2) is 0 Å². The summed E-state index contributed by atoms with van der Waals surface area (Å²) in [7, 11) is 1.64. The fourth-order valence-corrected chi connectivity index (χ4v) is 3.24. The van der Waals surface area contributed by atoms with Crippen molar-refractivity contribution in [2.45, 2.75) is 31.3 Å². The Balaban J connectivity index is 1.56. The molecule has 2 heterocycles. The maximum Gasteiger partial charge on any atom is 0.241 e. The number of hydrogen-bond acceptors (Lipinski definition) is 4. The molecule has 2 fully saturated rings. The molecule has 1 aromatic rings. The van der Waals surface area contributed by atoms with Gasteiger partial charge in [0, 0.05) is 25.2 Å². The quantitative estimate of drug-likeness (QED) is 0.881. The van der Waals surface area contributed by atoms with Crippen molar-refractivity contribution >= 4 is 11.6 Å². The van der Waals surface area contributed by atoms with Gasteiger partial charge in [-0.3, -0.25) is 4.79 Å². The van der Waals surface area contributed by atoms with Crippen molar-refractivity contribution in [2.75, 3.05) is 32.1 Å². The molecule has 2 unspecified atom stereocenters. The number of nitrogens with one attached hydrogen (secondary N) is 2. The molecular weight excluding hydrogens is 266 g/mol. The second-order valence-electron chi connectivity index (χ2n) is 5.82. The number of methoxy groups -OCH3 is 1. The summed E-state index contributed by atoms with van der Waals surface area (Å²) in [6.45, 7) is 2.02. The van der Waals surface area contributed by atoms with Crippen LogP contribution in [0, 0.1) is 0 Å². The van der Waals surface area contributed by atoms with Crippen molar-refractivity contribution in [3.63, 3.8) is 0 Å². The fourth-order valence-electron chi connectivity index (χ4n) is 3.24. The first-order valence-electron chi connectivity index (χ1n) is 7.67. The smallest absolute Gasteiger partial charge is 0.241 e. The summed E-state index contributed by atoms with van der Waals surface area (Å²) >= 11 is 0. The molecule has 1 amide bonds. The summed E-state index contributed by atoms with van der Waals surface area (Å²) < 4.78 is 5.29. The van der Waals surface area contributed by atoms with Crippen LogP contribution < -0.4 is 15.4 Å². The molecule has 0 spiro atoms. The minimum absolute atomic E-state index is 0.162. The van der Waals surface area contributed by atoms with E-state index in [2.05, 4.69) is 10.6 Å². The number of likely N-dealkylation sites (tertiary alicyclic amines) is 1. The van der Waals surface area contributed by atoms with E-state index in [0.717, 1.165) is 30.9 Å². The topological polar surface area (TPSA) is 53.6 Å². The average Bonchev–Trinajstić information content (AvgIpc) is 2.84. The predicted octanol–water partition coefficient (Wildman–Crippen LogP) is 1.46. The van der Waals surface area contributed by atoms with E-state index in [-0.39, 0.29) is 5.91 Å². The Labute approximate surface area is 125 Å². The van der Waals surface area contributed by atoms with Crippen LogP contribution in [0.2, 0.25) is 0 Å². The normalized spacial score (nSPS) is 24.5. The number of anilines is 1. The summed E-state index contributed by atoms with van der Waals surface area (Å²) in [5.41, 5.74) is 0.864. The van der Waals surface area contributed by atoms with Gasteiger partial charge in [-0.1, -0.05) is 12.1 Å². The monoisotopic (exact) mass is 289 g/mol. The molecule has 5 heteroatoms. The molecule has 114 valence electrons. The molecule has 0 aromatic heterocycles. The Bertz CT molecular complexity index is 506. The molecular formula is C16H23N3O2. The van der Waals surface area contributed by atoms with Crippen LogP contribution >= 0.6 is 0 Å². The number of ether oxygens (including phenoxy) is 1. The van der Waals surface area contributed by atoms with E-state index in [1.807, 2.05) is 29.2 Å². The van der Waals surface area contributed by atoms with Crippen molar-refractivity contribution in [1.82, 2.24) is 10.2 Å². The van der Waals surface area contributed by atoms with E-state index in [1.54, 1.807) is 7.11 Å². The highest BCUT2D eigenvalue weighted by molar-refractivity contribution is 5.81. The minimum Gasteiger partial charge on any atom is -0.495 e. The fraction of sp³-hybridized carbons (Fsp3) is 0.562. The molecule has 2 aliphatic heterocycles. The second-order valence-corrected chi connectivity index (χ2v) is 5.82. The van der Waals surface area contributed by atoms with Crippen LogP contribution in [0.3, 0.4) is 0 Å². The number of para-hydroxylation sites is 2. The highest BCUT2D eigenvalue weighted by Crippen LogP contribution is 2.23. The van der Waals surface area contributed by atoms with Crippen LogP contribution in [0.15, 0.2) is 24.3 Å². The summed E-state index contributed by atoms with van der Waals surface area (Å²) in [5, 5.41) is 6.78. The molecule has 0 saturated carbocycles. The predicted molar refractivity (Wildman–Crippen MR) is 82.6 cm³/mol. The Morgan fingerprint density at radius 1 is 1.33 bits per heavy atom. The summed E-state index contributed by atoms with van der Waals surface area (Å²) in [6.07, 6.45) is 3.51. The first-order valence-corrected chi connectivity index (χ1v) is 7.67. The van der Waals surface area contributed by atoms with Gasteiger partial charge in [0.05, 0.1) is 19.3 Å². The molecule has 0 aliphatic carbocycles. The van der Waals surface area contributed by atoms with Crippen LogP contribution in [-0.2, 0) is 4.79 Å². The van der Waals surface area contributed by atoms with Crippen LogP contribution in [0.4, 0.5) is 5.69 Å². The van der Waals surface area contributed by atoms with Crippen molar-refractivity contribution in [3.05, 3.63) is 24.3 Å². The van der Waals surface area contributed by atoms with E-state index < -0.39 is 0 Å². The molecule has 2 aliphatic rings. The van der Waals surface area contributed by atoms with E-state index in [0.29, 0.717) is 18.6 Å². The lowest BCUT2D eigenvalue weighted by Crippen LogP contribution is -2.41. The molecule has 3 rings (SSSR count). The van der Waals surface area contributed by atoms with E-state index >= 15 is 0 Å². The van der Waals surface area contributed by atoms with Crippen LogP contribution in [0.1, 0.15) is 19.3 Å². The number of amides is 1. The molecule has 2 bridgehead atoms. The molecule has 5 nitrogen and oxygen atoms in total. The summed E-state index contributed by atoms with van der Waals surface area (Å²) in [5.74, 6) is 0.928. The Morgan fingerprint density at radius 2 is 2.14 bits per heavy atom. The summed E-state index contributed by atoms with van der Waals surface area (Å²) in [4.78, 5) is 14.4. The lowest BCUT2D eigenvalue weighted by atomic mass is 10.1. The molecule has 2 atom stereocenters. The number of carbonyl (C=O) groups is 1. The van der Waals surface area contributed by atoms with Gasteiger partial charge in [0.25, 0.3) is 0 Å². The molecule has 0 radical (unpaired) electrons. The standard InChI is InChI=1S/C16H23N3O2/c1-21-15-5-3-2-4-14(15)17-10-16(20)19-9-8-12-6-7-13(11-19)18-12/h2-5,12-13,17-18H,6-11H2,1H3. The van der Waals surface area contributed by atoms with Crippen LogP contribution in [0.25, 0.3) is 0 Å². The number of benzene rings is 1. The lowest BCUT2D eigenvalue weighted by molar-refractivity contribution is -0.129. The maximum atomic E-state index is 12.4. The van der Waals surface area contributed by atoms with E-state index in [9.17, 15) is 4.79 Å². The molecule has 21 heavy (non-hydrogen) atoms. The third-order valence-corrected chi connectivity index (χ3v) is 4.41. The van der Waals surface area contributed by atoms with Gasteiger partial charge in [-0.05, 0) is 31.4 Å². The van der Waals surface area contributed by atoms with Crippen molar-refractivity contribution in [3.8, 4) is 5.75 Å². The lowest BCUT2D eigenvalue weighted by Gasteiger charge is -2.24. The SMILES string of the molecule is COc1ccccc1NCC(=O)N1CCC2CCC(C1)N2. The highest BCUT2D eigenvalue weighted by Gasteiger charge is 2.30. The zero-order chi connectivity index (χ0) is 14.7. The van der Waals surface area contributed by atoms with Crippen molar-refractivity contribution < 1.29 is 9.53 Å². The van der Waals surface area contributed by atoms with Gasteiger partial charge in [-0.15, -0.1) is 0 Å². The first-order chi connectivity index (χ1) is 10.3. The number of fused-ring (bicyclic) bond motifs is 2. The number of hydrogen-bond donors (Lipinski definition) is 2. The maximum absolute atomic E-state index is 12.4.